The maximum absolute atomic E-state index is 14.1. The van der Waals surface area contributed by atoms with Crippen molar-refractivity contribution in [2.45, 2.75) is 39.5 Å². The Kier molecular flexibility index (Phi) is 5.90. The van der Waals surface area contributed by atoms with E-state index in [9.17, 15) is 9.18 Å². The maximum Gasteiger partial charge on any atom is 0.228 e. The molecule has 0 aliphatic rings. The molecule has 3 aromatic rings. The number of nitrogens with zero attached hydrogens (tertiary/aromatic N) is 4. The van der Waals surface area contributed by atoms with Gasteiger partial charge in [0.1, 0.15) is 5.82 Å². The molecule has 140 valence electrons. The van der Waals surface area contributed by atoms with E-state index in [1.54, 1.807) is 13.0 Å². The summed E-state index contributed by atoms with van der Waals surface area (Å²) < 4.78 is 15.6. The molecule has 0 bridgehead atoms. The van der Waals surface area contributed by atoms with E-state index in [0.717, 1.165) is 24.8 Å². The van der Waals surface area contributed by atoms with Crippen LogP contribution in [-0.2, 0) is 17.6 Å². The number of carbonyl (C=O) groups excluding carboxylic acids is 1. The van der Waals surface area contributed by atoms with Gasteiger partial charge in [-0.25, -0.2) is 4.39 Å². The first-order valence-corrected chi connectivity index (χ1v) is 8.99. The number of aromatic nitrogens is 4. The van der Waals surface area contributed by atoms with Gasteiger partial charge in [0.05, 0.1) is 17.8 Å². The van der Waals surface area contributed by atoms with Crippen LogP contribution in [0.2, 0.25) is 0 Å². The van der Waals surface area contributed by atoms with Crippen molar-refractivity contribution in [3.8, 4) is 5.69 Å². The molecule has 0 saturated heterocycles. The summed E-state index contributed by atoms with van der Waals surface area (Å²) in [5.41, 5.74) is 2.83. The lowest BCUT2D eigenvalue weighted by Gasteiger charge is -2.09. The van der Waals surface area contributed by atoms with E-state index in [4.69, 9.17) is 0 Å². The van der Waals surface area contributed by atoms with Crippen molar-refractivity contribution in [3.05, 3.63) is 65.2 Å². The molecule has 0 fully saturated rings. The summed E-state index contributed by atoms with van der Waals surface area (Å²) in [7, 11) is 0. The topological polar surface area (TPSA) is 72.7 Å². The Morgan fingerprint density at radius 1 is 1.15 bits per heavy atom. The zero-order valence-electron chi connectivity index (χ0n) is 15.4. The molecule has 0 radical (unpaired) electrons. The number of aryl methyl sites for hydroxylation is 2. The van der Waals surface area contributed by atoms with E-state index in [-0.39, 0.29) is 18.0 Å². The fourth-order valence-electron chi connectivity index (χ4n) is 2.80. The molecular formula is C20H22FN5O. The number of hydrogen-bond acceptors (Lipinski definition) is 4. The van der Waals surface area contributed by atoms with E-state index in [0.29, 0.717) is 11.5 Å². The standard InChI is InChI=1S/C20H22FN5O/c1-3-4-5-15-6-8-16(9-7-15)12-20(27)22-19-13-17(10-11-18(19)21)26-14(2)23-24-25-26/h6-11,13H,3-5,12H2,1-2H3,(H,22,27). The van der Waals surface area contributed by atoms with Gasteiger partial charge >= 0.3 is 0 Å². The van der Waals surface area contributed by atoms with Gasteiger partial charge in [0.2, 0.25) is 5.91 Å². The molecule has 2 aromatic carbocycles. The van der Waals surface area contributed by atoms with E-state index < -0.39 is 5.82 Å². The number of tetrazole rings is 1. The number of nitrogens with one attached hydrogen (secondary N) is 1. The lowest BCUT2D eigenvalue weighted by molar-refractivity contribution is -0.115. The third-order valence-corrected chi connectivity index (χ3v) is 4.30. The minimum Gasteiger partial charge on any atom is -0.323 e. The van der Waals surface area contributed by atoms with E-state index in [1.807, 2.05) is 24.3 Å². The highest BCUT2D eigenvalue weighted by atomic mass is 19.1. The number of anilines is 1. The van der Waals surface area contributed by atoms with Gasteiger partial charge in [0.15, 0.2) is 5.82 Å². The first kappa shape index (κ1) is 18.7. The summed E-state index contributed by atoms with van der Waals surface area (Å²) in [5, 5.41) is 13.9. The number of rotatable bonds is 7. The third-order valence-electron chi connectivity index (χ3n) is 4.30. The summed E-state index contributed by atoms with van der Waals surface area (Å²) in [4.78, 5) is 12.3. The number of unbranched alkanes of at least 4 members (excludes halogenated alkanes) is 1. The van der Waals surface area contributed by atoms with Gasteiger partial charge in [-0.3, -0.25) is 4.79 Å². The second-order valence-electron chi connectivity index (χ2n) is 6.45. The molecule has 27 heavy (non-hydrogen) atoms. The average Bonchev–Trinajstić information content (AvgIpc) is 3.09. The lowest BCUT2D eigenvalue weighted by atomic mass is 10.0. The summed E-state index contributed by atoms with van der Waals surface area (Å²) in [6.07, 6.45) is 3.52. The monoisotopic (exact) mass is 367 g/mol. The van der Waals surface area contributed by atoms with Crippen LogP contribution < -0.4 is 5.32 Å². The highest BCUT2D eigenvalue weighted by Crippen LogP contribution is 2.19. The van der Waals surface area contributed by atoms with Gasteiger partial charge < -0.3 is 5.32 Å². The Balaban J connectivity index is 1.68. The molecule has 1 heterocycles. The minimum atomic E-state index is -0.507. The summed E-state index contributed by atoms with van der Waals surface area (Å²) >= 11 is 0. The molecular weight excluding hydrogens is 345 g/mol. The second kappa shape index (κ2) is 8.53. The SMILES string of the molecule is CCCCc1ccc(CC(=O)Nc2cc(-n3nnnc3C)ccc2F)cc1. The van der Waals surface area contributed by atoms with Crippen molar-refractivity contribution >= 4 is 11.6 Å². The smallest absolute Gasteiger partial charge is 0.228 e. The van der Waals surface area contributed by atoms with Crippen molar-refractivity contribution in [3.63, 3.8) is 0 Å². The fourth-order valence-corrected chi connectivity index (χ4v) is 2.80. The molecule has 0 spiro atoms. The zero-order valence-corrected chi connectivity index (χ0v) is 15.4. The summed E-state index contributed by atoms with van der Waals surface area (Å²) in [6.45, 7) is 3.90. The molecule has 3 rings (SSSR count). The molecule has 1 amide bonds. The highest BCUT2D eigenvalue weighted by molar-refractivity contribution is 5.92. The average molecular weight is 367 g/mol. The van der Waals surface area contributed by atoms with E-state index >= 15 is 0 Å². The largest absolute Gasteiger partial charge is 0.323 e. The van der Waals surface area contributed by atoms with Crippen LogP contribution in [0.15, 0.2) is 42.5 Å². The van der Waals surface area contributed by atoms with Crippen LogP contribution in [0.5, 0.6) is 0 Å². The predicted octanol–water partition coefficient (Wildman–Crippen LogP) is 3.63. The second-order valence-corrected chi connectivity index (χ2v) is 6.45. The molecule has 0 aliphatic carbocycles. The molecule has 0 atom stereocenters. The normalized spacial score (nSPS) is 10.8. The van der Waals surface area contributed by atoms with Crippen molar-refractivity contribution in [1.82, 2.24) is 20.2 Å². The molecule has 1 aromatic heterocycles. The van der Waals surface area contributed by atoms with Crippen LogP contribution in [0.1, 0.15) is 36.7 Å². The number of amides is 1. The molecule has 1 N–H and O–H groups in total. The highest BCUT2D eigenvalue weighted by Gasteiger charge is 2.11. The lowest BCUT2D eigenvalue weighted by Crippen LogP contribution is -2.16. The van der Waals surface area contributed by atoms with Gasteiger partial charge in [-0.2, -0.15) is 4.68 Å². The van der Waals surface area contributed by atoms with Gasteiger partial charge in [-0.05, 0) is 59.5 Å². The molecule has 0 unspecified atom stereocenters. The number of halogens is 1. The molecule has 6 nitrogen and oxygen atoms in total. The van der Waals surface area contributed by atoms with Crippen LogP contribution in [0.25, 0.3) is 5.69 Å². The summed E-state index contributed by atoms with van der Waals surface area (Å²) in [6, 6.07) is 12.3. The maximum atomic E-state index is 14.1. The van der Waals surface area contributed by atoms with Gasteiger partial charge in [0, 0.05) is 0 Å². The first-order chi connectivity index (χ1) is 13.1. The van der Waals surface area contributed by atoms with E-state index in [1.165, 1.54) is 22.4 Å². The van der Waals surface area contributed by atoms with Crippen LogP contribution in [0, 0.1) is 12.7 Å². The van der Waals surface area contributed by atoms with Crippen LogP contribution >= 0.6 is 0 Å². The van der Waals surface area contributed by atoms with Crippen molar-refractivity contribution < 1.29 is 9.18 Å². The molecule has 0 aliphatic heterocycles. The van der Waals surface area contributed by atoms with Gasteiger partial charge in [0.25, 0.3) is 0 Å². The van der Waals surface area contributed by atoms with Gasteiger partial charge in [-0.15, -0.1) is 5.10 Å². The number of hydrogen-bond donors (Lipinski definition) is 1. The van der Waals surface area contributed by atoms with Crippen molar-refractivity contribution in [2.75, 3.05) is 5.32 Å². The number of carbonyl (C=O) groups is 1. The predicted molar refractivity (Wildman–Crippen MR) is 101 cm³/mol. The fraction of sp³-hybridized carbons (Fsp3) is 0.300. The Morgan fingerprint density at radius 2 is 1.89 bits per heavy atom. The zero-order chi connectivity index (χ0) is 19.2. The van der Waals surface area contributed by atoms with Crippen molar-refractivity contribution in [1.29, 1.82) is 0 Å². The minimum absolute atomic E-state index is 0.104. The molecule has 7 heteroatoms. The Hall–Kier alpha value is -3.09. The first-order valence-electron chi connectivity index (χ1n) is 8.99. The third kappa shape index (κ3) is 4.75. The van der Waals surface area contributed by atoms with Crippen LogP contribution in [0.4, 0.5) is 10.1 Å². The Morgan fingerprint density at radius 3 is 2.56 bits per heavy atom. The quantitative estimate of drug-likeness (QED) is 0.692. The molecule has 0 saturated carbocycles. The summed E-state index contributed by atoms with van der Waals surface area (Å²) in [5.74, 6) is -0.212. The Bertz CT molecular complexity index is 920. The Labute approximate surface area is 157 Å². The van der Waals surface area contributed by atoms with Crippen LogP contribution in [0.3, 0.4) is 0 Å². The number of benzene rings is 2. The van der Waals surface area contributed by atoms with E-state index in [2.05, 4.69) is 27.8 Å². The van der Waals surface area contributed by atoms with Gasteiger partial charge in [-0.1, -0.05) is 37.6 Å². The van der Waals surface area contributed by atoms with Crippen molar-refractivity contribution in [2.24, 2.45) is 0 Å². The van der Waals surface area contributed by atoms with Crippen LogP contribution in [-0.4, -0.2) is 26.1 Å².